The second kappa shape index (κ2) is 4.88. The van der Waals surface area contributed by atoms with Crippen LogP contribution in [0.3, 0.4) is 0 Å². The summed E-state index contributed by atoms with van der Waals surface area (Å²) < 4.78 is 10.3. The van der Waals surface area contributed by atoms with Crippen LogP contribution < -0.4 is 4.74 Å². The zero-order chi connectivity index (χ0) is 12.3. The van der Waals surface area contributed by atoms with E-state index >= 15 is 0 Å². The van der Waals surface area contributed by atoms with Crippen LogP contribution in [0.4, 0.5) is 0 Å². The highest BCUT2D eigenvalue weighted by Crippen LogP contribution is 2.35. The zero-order valence-corrected chi connectivity index (χ0v) is 9.55. The van der Waals surface area contributed by atoms with E-state index in [1.165, 1.54) is 7.11 Å². The Balaban J connectivity index is 2.11. The molecule has 0 bridgehead atoms. The summed E-state index contributed by atoms with van der Waals surface area (Å²) in [4.78, 5) is 11.5. The molecule has 17 heavy (non-hydrogen) atoms. The number of methoxy groups -OCH3 is 1. The molecule has 88 valence electrons. The summed E-state index contributed by atoms with van der Waals surface area (Å²) in [7, 11) is 1.35. The lowest BCUT2D eigenvalue weighted by Gasteiger charge is -2.16. The van der Waals surface area contributed by atoms with Crippen LogP contribution in [-0.4, -0.2) is 19.2 Å². The monoisotopic (exact) mass is 231 g/mol. The van der Waals surface area contributed by atoms with Crippen molar-refractivity contribution in [1.82, 2.24) is 0 Å². The molecule has 0 amide bonds. The molecule has 1 atom stereocenters. The first-order valence-electron chi connectivity index (χ1n) is 5.49. The molecule has 1 aliphatic rings. The van der Waals surface area contributed by atoms with Crippen LogP contribution in [0.2, 0.25) is 0 Å². The molecule has 0 radical (unpaired) electrons. The third kappa shape index (κ3) is 2.76. The lowest BCUT2D eigenvalue weighted by Crippen LogP contribution is -2.30. The predicted octanol–water partition coefficient (Wildman–Crippen LogP) is 1.89. The number of nitriles is 1. The van der Waals surface area contributed by atoms with Crippen LogP contribution in [0.1, 0.15) is 18.4 Å². The molecule has 4 nitrogen and oxygen atoms in total. The number of hydrogen-bond donors (Lipinski definition) is 0. The number of benzene rings is 1. The predicted molar refractivity (Wildman–Crippen MR) is 60.3 cm³/mol. The Morgan fingerprint density at radius 1 is 1.53 bits per heavy atom. The molecule has 0 N–H and O–H groups in total. The van der Waals surface area contributed by atoms with Gasteiger partial charge in [-0.05, 0) is 31.0 Å². The van der Waals surface area contributed by atoms with E-state index in [0.29, 0.717) is 11.3 Å². The second-order valence-corrected chi connectivity index (χ2v) is 4.04. The largest absolute Gasteiger partial charge is 0.478 e. The number of carbonyl (C=O) groups is 1. The Morgan fingerprint density at radius 2 is 2.29 bits per heavy atom. The zero-order valence-electron chi connectivity index (χ0n) is 9.55. The molecule has 1 aliphatic carbocycles. The highest BCUT2D eigenvalue weighted by Gasteiger charge is 2.39. The molecule has 2 rings (SSSR count). The lowest BCUT2D eigenvalue weighted by molar-refractivity contribution is -0.149. The Kier molecular flexibility index (Phi) is 3.29. The van der Waals surface area contributed by atoms with Gasteiger partial charge < -0.3 is 9.47 Å². The smallest absolute Gasteiger partial charge is 0.347 e. The minimum absolute atomic E-state index is 0.244. The first kappa shape index (κ1) is 11.5. The molecule has 0 spiro atoms. The summed E-state index contributed by atoms with van der Waals surface area (Å²) in [6.07, 6.45) is 1.42. The van der Waals surface area contributed by atoms with Gasteiger partial charge >= 0.3 is 5.97 Å². The van der Waals surface area contributed by atoms with Gasteiger partial charge in [0.1, 0.15) is 5.75 Å². The lowest BCUT2D eigenvalue weighted by atomic mass is 10.2. The summed E-state index contributed by atoms with van der Waals surface area (Å²) in [5, 5.41) is 8.78. The SMILES string of the molecule is COC(=O)C(Oc1cccc(C#N)c1)C1CC1. The first-order chi connectivity index (χ1) is 8.24. The quantitative estimate of drug-likeness (QED) is 0.742. The van der Waals surface area contributed by atoms with Crippen LogP contribution >= 0.6 is 0 Å². The maximum Gasteiger partial charge on any atom is 0.347 e. The fourth-order valence-electron chi connectivity index (χ4n) is 1.64. The third-order valence-corrected chi connectivity index (χ3v) is 2.71. The van der Waals surface area contributed by atoms with Crippen molar-refractivity contribution >= 4 is 5.97 Å². The number of ether oxygens (including phenoxy) is 2. The van der Waals surface area contributed by atoms with E-state index in [1.54, 1.807) is 24.3 Å². The molecular weight excluding hydrogens is 218 g/mol. The van der Waals surface area contributed by atoms with Crippen LogP contribution in [0.15, 0.2) is 24.3 Å². The minimum Gasteiger partial charge on any atom is -0.478 e. The van der Waals surface area contributed by atoms with Crippen molar-refractivity contribution in [2.45, 2.75) is 18.9 Å². The van der Waals surface area contributed by atoms with Crippen LogP contribution in [-0.2, 0) is 9.53 Å². The van der Waals surface area contributed by atoms with E-state index in [9.17, 15) is 4.79 Å². The number of esters is 1. The molecule has 1 unspecified atom stereocenters. The summed E-state index contributed by atoms with van der Waals surface area (Å²) in [6.45, 7) is 0. The first-order valence-corrected chi connectivity index (χ1v) is 5.49. The maximum absolute atomic E-state index is 11.5. The average Bonchev–Trinajstić information content (AvgIpc) is 3.19. The van der Waals surface area contributed by atoms with Gasteiger partial charge in [-0.1, -0.05) is 6.07 Å². The van der Waals surface area contributed by atoms with Gasteiger partial charge in [-0.25, -0.2) is 4.79 Å². The third-order valence-electron chi connectivity index (χ3n) is 2.71. The van der Waals surface area contributed by atoms with Crippen molar-refractivity contribution in [3.63, 3.8) is 0 Å². The van der Waals surface area contributed by atoms with Gasteiger partial charge in [-0.2, -0.15) is 5.26 Å². The summed E-state index contributed by atoms with van der Waals surface area (Å²) in [5.74, 6) is 0.425. The fourth-order valence-corrected chi connectivity index (χ4v) is 1.64. The summed E-state index contributed by atoms with van der Waals surface area (Å²) in [6, 6.07) is 8.81. The molecule has 0 aromatic heterocycles. The average molecular weight is 231 g/mol. The van der Waals surface area contributed by atoms with Crippen LogP contribution in [0.25, 0.3) is 0 Å². The van der Waals surface area contributed by atoms with E-state index < -0.39 is 6.10 Å². The summed E-state index contributed by atoms with van der Waals surface area (Å²) in [5.41, 5.74) is 0.516. The number of hydrogen-bond acceptors (Lipinski definition) is 4. The highest BCUT2D eigenvalue weighted by molar-refractivity contribution is 5.75. The van der Waals surface area contributed by atoms with E-state index in [4.69, 9.17) is 14.7 Å². The number of carbonyl (C=O) groups excluding carboxylic acids is 1. The number of rotatable bonds is 4. The van der Waals surface area contributed by atoms with Gasteiger partial charge in [-0.15, -0.1) is 0 Å². The molecule has 0 heterocycles. The Bertz CT molecular complexity index is 460. The molecule has 1 fully saturated rings. The van der Waals surface area contributed by atoms with Crippen LogP contribution in [0.5, 0.6) is 5.75 Å². The van der Waals surface area contributed by atoms with Gasteiger partial charge in [0.2, 0.25) is 0 Å². The van der Waals surface area contributed by atoms with Crippen molar-refractivity contribution in [1.29, 1.82) is 5.26 Å². The maximum atomic E-state index is 11.5. The van der Waals surface area contributed by atoms with Crippen molar-refractivity contribution in [3.05, 3.63) is 29.8 Å². The molecule has 0 saturated heterocycles. The number of nitrogens with zero attached hydrogens (tertiary/aromatic N) is 1. The normalized spacial score (nSPS) is 15.8. The molecule has 0 aliphatic heterocycles. The van der Waals surface area contributed by atoms with E-state index in [1.807, 2.05) is 6.07 Å². The van der Waals surface area contributed by atoms with Gasteiger partial charge in [0.25, 0.3) is 0 Å². The molecular formula is C13H13NO3. The highest BCUT2D eigenvalue weighted by atomic mass is 16.6. The van der Waals surface area contributed by atoms with Crippen molar-refractivity contribution in [2.24, 2.45) is 5.92 Å². The van der Waals surface area contributed by atoms with E-state index in [-0.39, 0.29) is 11.9 Å². The van der Waals surface area contributed by atoms with Gasteiger partial charge in [-0.3, -0.25) is 0 Å². The van der Waals surface area contributed by atoms with Gasteiger partial charge in [0.05, 0.1) is 18.7 Å². The van der Waals surface area contributed by atoms with Crippen molar-refractivity contribution < 1.29 is 14.3 Å². The van der Waals surface area contributed by atoms with Gasteiger partial charge in [0, 0.05) is 5.92 Å². The second-order valence-electron chi connectivity index (χ2n) is 4.04. The molecule has 1 aromatic carbocycles. The van der Waals surface area contributed by atoms with Gasteiger partial charge in [0.15, 0.2) is 6.10 Å². The Labute approximate surface area is 99.8 Å². The molecule has 1 aromatic rings. The fraction of sp³-hybridized carbons (Fsp3) is 0.385. The molecule has 1 saturated carbocycles. The molecule has 4 heteroatoms. The summed E-state index contributed by atoms with van der Waals surface area (Å²) >= 11 is 0. The van der Waals surface area contributed by atoms with Crippen molar-refractivity contribution in [2.75, 3.05) is 7.11 Å². The Hall–Kier alpha value is -2.02. The Morgan fingerprint density at radius 3 is 2.88 bits per heavy atom. The minimum atomic E-state index is -0.547. The van der Waals surface area contributed by atoms with Crippen LogP contribution in [0, 0.1) is 17.2 Å². The van der Waals surface area contributed by atoms with E-state index in [2.05, 4.69) is 0 Å². The van der Waals surface area contributed by atoms with E-state index in [0.717, 1.165) is 12.8 Å². The van der Waals surface area contributed by atoms with Crippen molar-refractivity contribution in [3.8, 4) is 11.8 Å². The standard InChI is InChI=1S/C13H13NO3/c1-16-13(15)12(10-5-6-10)17-11-4-2-3-9(7-11)8-14/h2-4,7,10,12H,5-6H2,1H3. The topological polar surface area (TPSA) is 59.3 Å².